The summed E-state index contributed by atoms with van der Waals surface area (Å²) in [5, 5.41) is 13.5. The third-order valence-electron chi connectivity index (χ3n) is 1.97. The van der Waals surface area contributed by atoms with Gasteiger partial charge in [0.25, 0.3) is 0 Å². The van der Waals surface area contributed by atoms with Gasteiger partial charge in [-0.3, -0.25) is 0 Å². The molecule has 2 N–H and O–H groups in total. The molecule has 1 rings (SSSR count). The van der Waals surface area contributed by atoms with Gasteiger partial charge in [0.05, 0.1) is 12.6 Å². The van der Waals surface area contributed by atoms with Gasteiger partial charge >= 0.3 is 0 Å². The fraction of sp³-hybridized carbons (Fsp3) is 0.400. The molecule has 1 unspecified atom stereocenters. The zero-order valence-electron chi connectivity index (χ0n) is 7.93. The normalized spacial score (nSPS) is 12.9. The third-order valence-corrected chi connectivity index (χ3v) is 2.55. The molecular weight excluding hydrogens is 221 g/mol. The Kier molecular flexibility index (Phi) is 4.69. The minimum Gasteiger partial charge on any atom is -0.394 e. The van der Waals surface area contributed by atoms with Crippen molar-refractivity contribution >= 4 is 23.2 Å². The lowest BCUT2D eigenvalue weighted by Gasteiger charge is -2.17. The van der Waals surface area contributed by atoms with E-state index in [9.17, 15) is 0 Å². The average Bonchev–Trinajstić information content (AvgIpc) is 2.18. The van der Waals surface area contributed by atoms with Crippen LogP contribution in [0.2, 0.25) is 10.0 Å². The van der Waals surface area contributed by atoms with Crippen LogP contribution in [0.15, 0.2) is 18.2 Å². The van der Waals surface area contributed by atoms with Crippen LogP contribution in [0.25, 0.3) is 0 Å². The molecule has 0 saturated heterocycles. The lowest BCUT2D eigenvalue weighted by Crippen LogP contribution is -2.24. The second kappa shape index (κ2) is 5.56. The van der Waals surface area contributed by atoms with Gasteiger partial charge < -0.3 is 10.4 Å². The first-order valence-electron chi connectivity index (χ1n) is 4.48. The molecule has 1 aromatic carbocycles. The van der Waals surface area contributed by atoms with Crippen molar-refractivity contribution in [3.8, 4) is 0 Å². The summed E-state index contributed by atoms with van der Waals surface area (Å²) in [5.41, 5.74) is 0.837. The average molecular weight is 234 g/mol. The predicted molar refractivity (Wildman–Crippen MR) is 60.0 cm³/mol. The Morgan fingerprint density at radius 2 is 2.14 bits per heavy atom. The van der Waals surface area contributed by atoms with E-state index in [0.29, 0.717) is 10.0 Å². The van der Waals surface area contributed by atoms with Gasteiger partial charge in [0, 0.05) is 10.0 Å². The van der Waals surface area contributed by atoms with Crippen LogP contribution in [-0.2, 0) is 0 Å². The molecule has 14 heavy (non-hydrogen) atoms. The largest absolute Gasteiger partial charge is 0.394 e. The summed E-state index contributed by atoms with van der Waals surface area (Å²) in [5.74, 6) is 0. The fourth-order valence-corrected chi connectivity index (χ4v) is 1.73. The SMILES string of the molecule is CCNC(CO)c1cc(Cl)ccc1Cl. The Balaban J connectivity index is 2.96. The van der Waals surface area contributed by atoms with E-state index in [1.165, 1.54) is 0 Å². The molecule has 2 nitrogen and oxygen atoms in total. The molecule has 0 aliphatic heterocycles. The second-order valence-corrected chi connectivity index (χ2v) is 3.80. The molecule has 0 spiro atoms. The number of hydrogen-bond acceptors (Lipinski definition) is 2. The third kappa shape index (κ3) is 2.85. The van der Waals surface area contributed by atoms with Crippen LogP contribution in [0.3, 0.4) is 0 Å². The number of likely N-dealkylation sites (N-methyl/N-ethyl adjacent to an activating group) is 1. The second-order valence-electron chi connectivity index (χ2n) is 2.96. The molecule has 0 radical (unpaired) electrons. The van der Waals surface area contributed by atoms with Crippen molar-refractivity contribution in [2.24, 2.45) is 0 Å². The first-order valence-corrected chi connectivity index (χ1v) is 5.23. The molecule has 78 valence electrons. The molecular formula is C10H13Cl2NO. The van der Waals surface area contributed by atoms with Gasteiger partial charge in [-0.05, 0) is 30.3 Å². The number of rotatable bonds is 4. The first kappa shape index (κ1) is 11.8. The Bertz CT molecular complexity index is 304. The Hall–Kier alpha value is -0.280. The van der Waals surface area contributed by atoms with Gasteiger partial charge in [-0.2, -0.15) is 0 Å². The molecule has 1 atom stereocenters. The number of aliphatic hydroxyl groups excluding tert-OH is 1. The summed E-state index contributed by atoms with van der Waals surface area (Å²) in [6, 6.07) is 5.09. The number of hydrogen-bond donors (Lipinski definition) is 2. The maximum absolute atomic E-state index is 9.16. The lowest BCUT2D eigenvalue weighted by atomic mass is 10.1. The van der Waals surface area contributed by atoms with Crippen LogP contribution in [0.5, 0.6) is 0 Å². The maximum atomic E-state index is 9.16. The molecule has 0 heterocycles. The lowest BCUT2D eigenvalue weighted by molar-refractivity contribution is 0.246. The van der Waals surface area contributed by atoms with E-state index in [2.05, 4.69) is 5.32 Å². The summed E-state index contributed by atoms with van der Waals surface area (Å²) in [7, 11) is 0. The highest BCUT2D eigenvalue weighted by Gasteiger charge is 2.12. The standard InChI is InChI=1S/C10H13Cl2NO/c1-2-13-10(6-14)8-5-7(11)3-4-9(8)12/h3-5,10,13-14H,2,6H2,1H3. The summed E-state index contributed by atoms with van der Waals surface area (Å²) in [6.45, 7) is 2.75. The minimum atomic E-state index is -0.147. The van der Waals surface area contributed by atoms with E-state index in [0.717, 1.165) is 12.1 Å². The van der Waals surface area contributed by atoms with Gasteiger partial charge in [-0.1, -0.05) is 30.1 Å². The zero-order valence-corrected chi connectivity index (χ0v) is 9.44. The molecule has 0 aliphatic rings. The molecule has 0 aliphatic carbocycles. The highest BCUT2D eigenvalue weighted by atomic mass is 35.5. The topological polar surface area (TPSA) is 32.3 Å². The molecule has 1 aromatic rings. The zero-order chi connectivity index (χ0) is 10.6. The van der Waals surface area contributed by atoms with Crippen molar-refractivity contribution in [2.75, 3.05) is 13.2 Å². The number of nitrogens with one attached hydrogen (secondary N) is 1. The molecule has 4 heteroatoms. The van der Waals surface area contributed by atoms with Gasteiger partial charge in [0.2, 0.25) is 0 Å². The maximum Gasteiger partial charge on any atom is 0.0627 e. The van der Waals surface area contributed by atoms with E-state index in [-0.39, 0.29) is 12.6 Å². The summed E-state index contributed by atoms with van der Waals surface area (Å²) in [4.78, 5) is 0. The predicted octanol–water partition coefficient (Wildman–Crippen LogP) is 2.64. The summed E-state index contributed by atoms with van der Waals surface area (Å²) < 4.78 is 0. The number of halogens is 2. The van der Waals surface area contributed by atoms with Crippen LogP contribution in [-0.4, -0.2) is 18.3 Å². The van der Waals surface area contributed by atoms with Gasteiger partial charge in [-0.15, -0.1) is 0 Å². The molecule has 0 aromatic heterocycles. The molecule has 0 saturated carbocycles. The number of aliphatic hydroxyl groups is 1. The van der Waals surface area contributed by atoms with Crippen LogP contribution in [0.1, 0.15) is 18.5 Å². The Morgan fingerprint density at radius 3 is 2.71 bits per heavy atom. The number of benzene rings is 1. The van der Waals surface area contributed by atoms with Crippen molar-refractivity contribution in [3.63, 3.8) is 0 Å². The highest BCUT2D eigenvalue weighted by molar-refractivity contribution is 6.33. The molecule has 0 fully saturated rings. The van der Waals surface area contributed by atoms with Crippen molar-refractivity contribution in [1.29, 1.82) is 0 Å². The summed E-state index contributed by atoms with van der Waals surface area (Å²) in [6.07, 6.45) is 0. The molecule has 0 amide bonds. The van der Waals surface area contributed by atoms with Crippen LogP contribution >= 0.6 is 23.2 Å². The van der Waals surface area contributed by atoms with Gasteiger partial charge in [0.1, 0.15) is 0 Å². The quantitative estimate of drug-likeness (QED) is 0.839. The van der Waals surface area contributed by atoms with Crippen molar-refractivity contribution in [3.05, 3.63) is 33.8 Å². The van der Waals surface area contributed by atoms with E-state index in [4.69, 9.17) is 28.3 Å². The van der Waals surface area contributed by atoms with Crippen LogP contribution in [0, 0.1) is 0 Å². The first-order chi connectivity index (χ1) is 6.69. The Labute approximate surface area is 93.8 Å². The van der Waals surface area contributed by atoms with E-state index >= 15 is 0 Å². The van der Waals surface area contributed by atoms with E-state index < -0.39 is 0 Å². The van der Waals surface area contributed by atoms with Crippen molar-refractivity contribution in [2.45, 2.75) is 13.0 Å². The fourth-order valence-electron chi connectivity index (χ4n) is 1.30. The smallest absolute Gasteiger partial charge is 0.0627 e. The monoisotopic (exact) mass is 233 g/mol. The van der Waals surface area contributed by atoms with Gasteiger partial charge in [-0.25, -0.2) is 0 Å². The van der Waals surface area contributed by atoms with Gasteiger partial charge in [0.15, 0.2) is 0 Å². The van der Waals surface area contributed by atoms with Crippen molar-refractivity contribution < 1.29 is 5.11 Å². The minimum absolute atomic E-state index is 0.00784. The van der Waals surface area contributed by atoms with E-state index in [1.807, 2.05) is 6.92 Å². The summed E-state index contributed by atoms with van der Waals surface area (Å²) >= 11 is 11.8. The Morgan fingerprint density at radius 1 is 1.43 bits per heavy atom. The molecule has 0 bridgehead atoms. The van der Waals surface area contributed by atoms with E-state index in [1.54, 1.807) is 18.2 Å². The highest BCUT2D eigenvalue weighted by Crippen LogP contribution is 2.25. The van der Waals surface area contributed by atoms with Crippen LogP contribution < -0.4 is 5.32 Å². The van der Waals surface area contributed by atoms with Crippen molar-refractivity contribution in [1.82, 2.24) is 5.32 Å². The van der Waals surface area contributed by atoms with Crippen LogP contribution in [0.4, 0.5) is 0 Å².